The van der Waals surface area contributed by atoms with Crippen LogP contribution in [0.1, 0.15) is 18.4 Å². The van der Waals surface area contributed by atoms with Gasteiger partial charge in [-0.1, -0.05) is 19.1 Å². The second kappa shape index (κ2) is 4.44. The van der Waals surface area contributed by atoms with Crippen LogP contribution < -0.4 is 4.72 Å². The zero-order valence-electron chi connectivity index (χ0n) is 8.60. The molecule has 4 nitrogen and oxygen atoms in total. The van der Waals surface area contributed by atoms with Crippen molar-refractivity contribution in [3.63, 3.8) is 0 Å². The highest BCUT2D eigenvalue weighted by Gasteiger charge is 2.05. The molecule has 0 spiro atoms. The normalized spacial score (nSPS) is 13.2. The van der Waals surface area contributed by atoms with Gasteiger partial charge in [-0.2, -0.15) is 0 Å². The Morgan fingerprint density at radius 3 is 2.20 bits per heavy atom. The van der Waals surface area contributed by atoms with E-state index >= 15 is 0 Å². The molecule has 1 unspecified atom stereocenters. The van der Waals surface area contributed by atoms with Crippen LogP contribution in [0.15, 0.2) is 24.3 Å². The van der Waals surface area contributed by atoms with Crippen LogP contribution in [-0.4, -0.2) is 21.0 Å². The molecule has 0 fully saturated rings. The lowest BCUT2D eigenvalue weighted by Gasteiger charge is -2.06. The first-order valence-corrected chi connectivity index (χ1v) is 6.34. The Kier molecular flexibility index (Phi) is 3.47. The van der Waals surface area contributed by atoms with Crippen molar-refractivity contribution >= 4 is 22.0 Å². The summed E-state index contributed by atoms with van der Waals surface area (Å²) in [6, 6.07) is 6.73. The number of anilines is 1. The SMILES string of the molecule is CC(C=O)c1ccc(NS(C)(=O)=O)cc1. The number of nitrogens with one attached hydrogen (secondary N) is 1. The summed E-state index contributed by atoms with van der Waals surface area (Å²) in [6.07, 6.45) is 1.94. The summed E-state index contributed by atoms with van der Waals surface area (Å²) in [5.74, 6) is -0.169. The molecule has 1 aromatic carbocycles. The Morgan fingerprint density at radius 1 is 1.27 bits per heavy atom. The minimum absolute atomic E-state index is 0.169. The third kappa shape index (κ3) is 3.71. The first-order chi connectivity index (χ1) is 6.92. The molecular formula is C10H13NO3S. The van der Waals surface area contributed by atoms with Gasteiger partial charge in [0.1, 0.15) is 6.29 Å². The first-order valence-electron chi connectivity index (χ1n) is 4.45. The molecule has 1 rings (SSSR count). The van der Waals surface area contributed by atoms with Crippen molar-refractivity contribution in [1.82, 2.24) is 0 Å². The van der Waals surface area contributed by atoms with Crippen LogP contribution in [0.3, 0.4) is 0 Å². The topological polar surface area (TPSA) is 63.2 Å². The van der Waals surface area contributed by atoms with Gasteiger partial charge in [-0.25, -0.2) is 8.42 Å². The van der Waals surface area contributed by atoms with Crippen molar-refractivity contribution in [3.05, 3.63) is 29.8 Å². The van der Waals surface area contributed by atoms with Crippen molar-refractivity contribution in [2.24, 2.45) is 0 Å². The van der Waals surface area contributed by atoms with E-state index in [0.717, 1.165) is 18.1 Å². The Balaban J connectivity index is 2.86. The molecule has 0 aliphatic rings. The van der Waals surface area contributed by atoms with Crippen molar-refractivity contribution < 1.29 is 13.2 Å². The maximum atomic E-state index is 10.9. The largest absolute Gasteiger partial charge is 0.303 e. The highest BCUT2D eigenvalue weighted by Crippen LogP contribution is 2.16. The molecule has 5 heteroatoms. The lowest BCUT2D eigenvalue weighted by molar-refractivity contribution is -0.108. The van der Waals surface area contributed by atoms with Crippen LogP contribution >= 0.6 is 0 Å². The number of carbonyl (C=O) groups is 1. The van der Waals surface area contributed by atoms with Gasteiger partial charge in [0.15, 0.2) is 0 Å². The quantitative estimate of drug-likeness (QED) is 0.790. The van der Waals surface area contributed by atoms with E-state index in [-0.39, 0.29) is 5.92 Å². The highest BCUT2D eigenvalue weighted by atomic mass is 32.2. The van der Waals surface area contributed by atoms with E-state index in [0.29, 0.717) is 5.69 Å². The molecule has 0 bridgehead atoms. The molecule has 1 N–H and O–H groups in total. The van der Waals surface area contributed by atoms with Gasteiger partial charge in [0.2, 0.25) is 10.0 Å². The predicted molar refractivity (Wildman–Crippen MR) is 59.4 cm³/mol. The Hall–Kier alpha value is -1.36. The van der Waals surface area contributed by atoms with Gasteiger partial charge in [-0.15, -0.1) is 0 Å². The van der Waals surface area contributed by atoms with Crippen LogP contribution in [0.4, 0.5) is 5.69 Å². The molecule has 1 aromatic rings. The molecule has 0 saturated heterocycles. The second-order valence-electron chi connectivity index (χ2n) is 3.42. The van der Waals surface area contributed by atoms with Gasteiger partial charge in [-0.3, -0.25) is 4.72 Å². The minimum atomic E-state index is -3.24. The zero-order valence-corrected chi connectivity index (χ0v) is 9.41. The summed E-state index contributed by atoms with van der Waals surface area (Å²) in [4.78, 5) is 10.5. The monoisotopic (exact) mass is 227 g/mol. The molecule has 0 radical (unpaired) electrons. The van der Waals surface area contributed by atoms with Crippen LogP contribution in [0.25, 0.3) is 0 Å². The van der Waals surface area contributed by atoms with Crippen molar-refractivity contribution in [2.45, 2.75) is 12.8 Å². The molecule has 0 saturated carbocycles. The van der Waals surface area contributed by atoms with E-state index in [1.165, 1.54) is 0 Å². The van der Waals surface area contributed by atoms with Crippen LogP contribution in [0, 0.1) is 0 Å². The third-order valence-corrected chi connectivity index (χ3v) is 2.55. The number of benzene rings is 1. The van der Waals surface area contributed by atoms with Crippen molar-refractivity contribution in [3.8, 4) is 0 Å². The second-order valence-corrected chi connectivity index (χ2v) is 5.17. The molecule has 1 atom stereocenters. The van der Waals surface area contributed by atoms with Crippen LogP contribution in [-0.2, 0) is 14.8 Å². The van der Waals surface area contributed by atoms with Gasteiger partial charge < -0.3 is 4.79 Å². The number of carbonyl (C=O) groups excluding carboxylic acids is 1. The Morgan fingerprint density at radius 2 is 1.80 bits per heavy atom. The van der Waals surface area contributed by atoms with Crippen LogP contribution in [0.2, 0.25) is 0 Å². The molecular weight excluding hydrogens is 214 g/mol. The molecule has 15 heavy (non-hydrogen) atoms. The number of sulfonamides is 1. The average Bonchev–Trinajstić information content (AvgIpc) is 2.15. The fraction of sp³-hybridized carbons (Fsp3) is 0.300. The first kappa shape index (κ1) is 11.7. The molecule has 0 aliphatic carbocycles. The van der Waals surface area contributed by atoms with E-state index in [1.807, 2.05) is 0 Å². The summed E-state index contributed by atoms with van der Waals surface area (Å²) in [6.45, 7) is 1.78. The maximum Gasteiger partial charge on any atom is 0.229 e. The van der Waals surface area contributed by atoms with Gasteiger partial charge in [0, 0.05) is 11.6 Å². The number of aldehydes is 1. The lowest BCUT2D eigenvalue weighted by atomic mass is 10.0. The predicted octanol–water partition coefficient (Wildman–Crippen LogP) is 1.36. The summed E-state index contributed by atoms with van der Waals surface area (Å²) in [5, 5.41) is 0. The molecule has 0 heterocycles. The minimum Gasteiger partial charge on any atom is -0.303 e. The molecule has 82 valence electrons. The van der Waals surface area contributed by atoms with Crippen LogP contribution in [0.5, 0.6) is 0 Å². The Bertz CT molecular complexity index is 436. The fourth-order valence-corrected chi connectivity index (χ4v) is 1.71. The number of rotatable bonds is 4. The lowest BCUT2D eigenvalue weighted by Crippen LogP contribution is -2.09. The number of hydrogen-bond acceptors (Lipinski definition) is 3. The third-order valence-electron chi connectivity index (χ3n) is 1.94. The number of hydrogen-bond donors (Lipinski definition) is 1. The Labute approximate surface area is 89.4 Å². The van der Waals surface area contributed by atoms with Crippen molar-refractivity contribution in [2.75, 3.05) is 11.0 Å². The highest BCUT2D eigenvalue weighted by molar-refractivity contribution is 7.92. The standard InChI is InChI=1S/C10H13NO3S/c1-8(7-12)9-3-5-10(6-4-9)11-15(2,13)14/h3-8,11H,1-2H3. The van der Waals surface area contributed by atoms with Crippen molar-refractivity contribution in [1.29, 1.82) is 0 Å². The van der Waals surface area contributed by atoms with Gasteiger partial charge in [-0.05, 0) is 17.7 Å². The van der Waals surface area contributed by atoms with E-state index in [1.54, 1.807) is 31.2 Å². The average molecular weight is 227 g/mol. The van der Waals surface area contributed by atoms with E-state index in [2.05, 4.69) is 4.72 Å². The summed E-state index contributed by atoms with van der Waals surface area (Å²) in [7, 11) is -3.24. The smallest absolute Gasteiger partial charge is 0.229 e. The van der Waals surface area contributed by atoms with Gasteiger partial charge in [0.25, 0.3) is 0 Å². The van der Waals surface area contributed by atoms with Gasteiger partial charge >= 0.3 is 0 Å². The molecule has 0 aliphatic heterocycles. The van der Waals surface area contributed by atoms with E-state index in [4.69, 9.17) is 0 Å². The van der Waals surface area contributed by atoms with Gasteiger partial charge in [0.05, 0.1) is 6.26 Å². The fourth-order valence-electron chi connectivity index (χ4n) is 1.15. The van der Waals surface area contributed by atoms with E-state index < -0.39 is 10.0 Å². The molecule has 0 aromatic heterocycles. The van der Waals surface area contributed by atoms with E-state index in [9.17, 15) is 13.2 Å². The summed E-state index contributed by atoms with van der Waals surface area (Å²) >= 11 is 0. The summed E-state index contributed by atoms with van der Waals surface area (Å²) < 4.78 is 24.2. The zero-order chi connectivity index (χ0) is 11.5. The molecule has 0 amide bonds. The summed E-state index contributed by atoms with van der Waals surface area (Å²) in [5.41, 5.74) is 1.36. The maximum absolute atomic E-state index is 10.9.